The van der Waals surface area contributed by atoms with Gasteiger partial charge in [-0.3, -0.25) is 4.79 Å². The summed E-state index contributed by atoms with van der Waals surface area (Å²) in [6.45, 7) is 1.10. The Morgan fingerprint density at radius 2 is 2.04 bits per heavy atom. The lowest BCUT2D eigenvalue weighted by molar-refractivity contribution is -0.148. The van der Waals surface area contributed by atoms with Gasteiger partial charge in [-0.05, 0) is 50.8 Å². The number of aliphatic carboxylic acids is 1. The number of carboxylic acid groups (broad SMARTS) is 1. The average Bonchev–Trinajstić information content (AvgIpc) is 3.04. The predicted molar refractivity (Wildman–Crippen MR) is 89.1 cm³/mol. The third-order valence-electron chi connectivity index (χ3n) is 4.18. The normalized spacial score (nSPS) is 18.7. The topological polar surface area (TPSA) is 95.7 Å². The molecular formula is C17H25N3O3. The van der Waals surface area contributed by atoms with Crippen molar-refractivity contribution in [2.75, 3.05) is 18.4 Å². The number of nitrogens with zero attached hydrogens (tertiary/aromatic N) is 1. The van der Waals surface area contributed by atoms with E-state index in [2.05, 4.69) is 5.32 Å². The van der Waals surface area contributed by atoms with E-state index in [0.29, 0.717) is 25.9 Å². The van der Waals surface area contributed by atoms with E-state index in [4.69, 9.17) is 5.73 Å². The first-order valence-electron chi connectivity index (χ1n) is 8.18. The highest BCUT2D eigenvalue weighted by molar-refractivity contribution is 5.89. The molecule has 2 rings (SSSR count). The summed E-state index contributed by atoms with van der Waals surface area (Å²) in [6.07, 6.45) is 3.60. The molecule has 0 saturated carbocycles. The molecule has 1 aromatic rings. The highest BCUT2D eigenvalue weighted by atomic mass is 16.4. The van der Waals surface area contributed by atoms with Gasteiger partial charge in [0.2, 0.25) is 5.91 Å². The molecule has 0 aliphatic carbocycles. The van der Waals surface area contributed by atoms with Crippen molar-refractivity contribution in [3.63, 3.8) is 0 Å². The van der Waals surface area contributed by atoms with Crippen molar-refractivity contribution in [1.82, 2.24) is 4.90 Å². The second-order valence-corrected chi connectivity index (χ2v) is 5.88. The number of likely N-dealkylation sites (tertiary alicyclic amines) is 1. The van der Waals surface area contributed by atoms with Crippen molar-refractivity contribution in [2.45, 2.75) is 44.2 Å². The number of para-hydroxylation sites is 1. The van der Waals surface area contributed by atoms with Gasteiger partial charge in [0.1, 0.15) is 12.1 Å². The van der Waals surface area contributed by atoms with E-state index in [-0.39, 0.29) is 5.91 Å². The molecule has 1 fully saturated rings. The van der Waals surface area contributed by atoms with Crippen molar-refractivity contribution in [2.24, 2.45) is 5.73 Å². The number of unbranched alkanes of at least 4 members (excludes halogenated alkanes) is 1. The van der Waals surface area contributed by atoms with Crippen LogP contribution in [-0.4, -0.2) is 47.1 Å². The Bertz CT molecular complexity index is 521. The Balaban J connectivity index is 2.08. The van der Waals surface area contributed by atoms with E-state index in [9.17, 15) is 14.7 Å². The van der Waals surface area contributed by atoms with E-state index >= 15 is 0 Å². The standard InChI is InChI=1S/C17H25N3O3/c18-11-5-4-9-14(19-13-7-2-1-3-8-13)16(21)20-12-6-10-15(20)17(22)23/h1-3,7-8,14-15,19H,4-6,9-12,18H2,(H,22,23)/t14-,15-/m0/s1. The predicted octanol–water partition coefficient (Wildman–Crippen LogP) is 1.67. The molecule has 23 heavy (non-hydrogen) atoms. The highest BCUT2D eigenvalue weighted by Crippen LogP contribution is 2.21. The van der Waals surface area contributed by atoms with Gasteiger partial charge in [0.25, 0.3) is 0 Å². The molecule has 0 unspecified atom stereocenters. The lowest BCUT2D eigenvalue weighted by atomic mass is 10.1. The van der Waals surface area contributed by atoms with Gasteiger partial charge in [-0.2, -0.15) is 0 Å². The van der Waals surface area contributed by atoms with Crippen LogP contribution in [0.1, 0.15) is 32.1 Å². The molecule has 0 radical (unpaired) electrons. The number of hydrogen-bond donors (Lipinski definition) is 3. The number of carboxylic acids is 1. The minimum atomic E-state index is -0.920. The van der Waals surface area contributed by atoms with E-state index in [1.54, 1.807) is 0 Å². The maximum absolute atomic E-state index is 12.8. The third-order valence-corrected chi connectivity index (χ3v) is 4.18. The Morgan fingerprint density at radius 1 is 1.30 bits per heavy atom. The van der Waals surface area contributed by atoms with Gasteiger partial charge in [0.15, 0.2) is 0 Å². The lowest BCUT2D eigenvalue weighted by Crippen LogP contribution is -2.47. The van der Waals surface area contributed by atoms with Gasteiger partial charge in [-0.25, -0.2) is 4.79 Å². The van der Waals surface area contributed by atoms with Crippen LogP contribution in [-0.2, 0) is 9.59 Å². The van der Waals surface area contributed by atoms with E-state index in [0.717, 1.165) is 24.9 Å². The fourth-order valence-electron chi connectivity index (χ4n) is 2.97. The van der Waals surface area contributed by atoms with Crippen LogP contribution in [0.25, 0.3) is 0 Å². The summed E-state index contributed by atoms with van der Waals surface area (Å²) >= 11 is 0. The molecule has 0 aromatic heterocycles. The maximum Gasteiger partial charge on any atom is 0.326 e. The van der Waals surface area contributed by atoms with Crippen molar-refractivity contribution >= 4 is 17.6 Å². The molecule has 1 aliphatic heterocycles. The van der Waals surface area contributed by atoms with Gasteiger partial charge in [0, 0.05) is 12.2 Å². The SMILES string of the molecule is NCCCC[C@H](Nc1ccccc1)C(=O)N1CCC[C@H]1C(=O)O. The maximum atomic E-state index is 12.8. The summed E-state index contributed by atoms with van der Waals surface area (Å²) in [5.41, 5.74) is 6.40. The van der Waals surface area contributed by atoms with Crippen LogP contribution in [0, 0.1) is 0 Å². The third kappa shape index (κ3) is 4.69. The summed E-state index contributed by atoms with van der Waals surface area (Å²) in [4.78, 5) is 25.7. The molecule has 0 bridgehead atoms. The summed E-state index contributed by atoms with van der Waals surface area (Å²) in [6, 6.07) is 8.42. The Labute approximate surface area is 136 Å². The van der Waals surface area contributed by atoms with Gasteiger partial charge in [0.05, 0.1) is 0 Å². The van der Waals surface area contributed by atoms with Crippen molar-refractivity contribution < 1.29 is 14.7 Å². The highest BCUT2D eigenvalue weighted by Gasteiger charge is 2.36. The minimum Gasteiger partial charge on any atom is -0.480 e. The monoisotopic (exact) mass is 319 g/mol. The summed E-state index contributed by atoms with van der Waals surface area (Å²) in [7, 11) is 0. The number of rotatable bonds is 8. The van der Waals surface area contributed by atoms with Crippen LogP contribution in [0.5, 0.6) is 0 Å². The second kappa shape index (κ2) is 8.53. The van der Waals surface area contributed by atoms with Crippen LogP contribution in [0.3, 0.4) is 0 Å². The summed E-state index contributed by atoms with van der Waals surface area (Å²) in [5, 5.41) is 12.5. The van der Waals surface area contributed by atoms with Crippen LogP contribution in [0.4, 0.5) is 5.69 Å². The molecule has 1 heterocycles. The second-order valence-electron chi connectivity index (χ2n) is 5.88. The smallest absolute Gasteiger partial charge is 0.326 e. The van der Waals surface area contributed by atoms with Gasteiger partial charge < -0.3 is 21.1 Å². The minimum absolute atomic E-state index is 0.129. The Morgan fingerprint density at radius 3 is 2.70 bits per heavy atom. The first-order chi connectivity index (χ1) is 11.1. The molecule has 4 N–H and O–H groups in total. The van der Waals surface area contributed by atoms with E-state index < -0.39 is 18.1 Å². The Hall–Kier alpha value is -2.08. The number of carbonyl (C=O) groups is 2. The Kier molecular flexibility index (Phi) is 6.40. The molecule has 2 atom stereocenters. The zero-order valence-electron chi connectivity index (χ0n) is 13.3. The van der Waals surface area contributed by atoms with Crippen molar-refractivity contribution in [3.8, 4) is 0 Å². The van der Waals surface area contributed by atoms with Crippen LogP contribution in [0.15, 0.2) is 30.3 Å². The quantitative estimate of drug-likeness (QED) is 0.634. The number of hydrogen-bond acceptors (Lipinski definition) is 4. The van der Waals surface area contributed by atoms with Crippen LogP contribution < -0.4 is 11.1 Å². The lowest BCUT2D eigenvalue weighted by Gasteiger charge is -2.28. The molecule has 0 spiro atoms. The number of nitrogens with two attached hydrogens (primary N) is 1. The number of anilines is 1. The summed E-state index contributed by atoms with van der Waals surface area (Å²) < 4.78 is 0. The zero-order chi connectivity index (χ0) is 16.7. The average molecular weight is 319 g/mol. The van der Waals surface area contributed by atoms with Crippen LogP contribution in [0.2, 0.25) is 0 Å². The van der Waals surface area contributed by atoms with Crippen LogP contribution >= 0.6 is 0 Å². The molecule has 1 saturated heterocycles. The molecular weight excluding hydrogens is 294 g/mol. The van der Waals surface area contributed by atoms with Crippen molar-refractivity contribution in [1.29, 1.82) is 0 Å². The molecule has 1 aromatic carbocycles. The fraction of sp³-hybridized carbons (Fsp3) is 0.529. The molecule has 6 nitrogen and oxygen atoms in total. The summed E-state index contributed by atoms with van der Waals surface area (Å²) in [5.74, 6) is -1.05. The van der Waals surface area contributed by atoms with Gasteiger partial charge in [-0.1, -0.05) is 18.2 Å². The molecule has 6 heteroatoms. The van der Waals surface area contributed by atoms with Gasteiger partial charge >= 0.3 is 5.97 Å². The first-order valence-corrected chi connectivity index (χ1v) is 8.18. The van der Waals surface area contributed by atoms with Crippen molar-refractivity contribution in [3.05, 3.63) is 30.3 Å². The van der Waals surface area contributed by atoms with Gasteiger partial charge in [-0.15, -0.1) is 0 Å². The molecule has 1 aliphatic rings. The fourth-order valence-corrected chi connectivity index (χ4v) is 2.97. The molecule has 126 valence electrons. The molecule has 1 amide bonds. The number of carbonyl (C=O) groups excluding carboxylic acids is 1. The van der Waals surface area contributed by atoms with E-state index in [1.807, 2.05) is 30.3 Å². The largest absolute Gasteiger partial charge is 0.480 e. The van der Waals surface area contributed by atoms with E-state index in [1.165, 1.54) is 4.90 Å². The number of nitrogens with one attached hydrogen (secondary N) is 1. The zero-order valence-corrected chi connectivity index (χ0v) is 13.3. The number of amides is 1. The first kappa shape index (κ1) is 17.3. The number of benzene rings is 1.